The Morgan fingerprint density at radius 1 is 1.12 bits per heavy atom. The number of halogens is 1. The van der Waals surface area contributed by atoms with Crippen molar-refractivity contribution in [3.05, 3.63) is 78.4 Å². The first-order valence-corrected chi connectivity index (χ1v) is 8.42. The molecule has 3 aromatic rings. The molecule has 0 bridgehead atoms. The minimum Gasteiger partial charge on any atom is -0.325 e. The predicted molar refractivity (Wildman–Crippen MR) is 93.5 cm³/mol. The standard InChI is InChI=1S/C18H16FN3OS/c19-15-6-8-16(9-7-15)21-17(23)13-24-18-20-10-11-22(18)12-14-4-2-1-3-5-14/h1-11H,12-13H2,(H,21,23). The average molecular weight is 341 g/mol. The zero-order valence-electron chi connectivity index (χ0n) is 12.9. The zero-order valence-corrected chi connectivity index (χ0v) is 13.7. The fraction of sp³-hybridized carbons (Fsp3) is 0.111. The summed E-state index contributed by atoms with van der Waals surface area (Å²) in [7, 11) is 0. The van der Waals surface area contributed by atoms with Gasteiger partial charge in [-0.3, -0.25) is 4.79 Å². The van der Waals surface area contributed by atoms with Crippen LogP contribution in [-0.4, -0.2) is 21.2 Å². The lowest BCUT2D eigenvalue weighted by atomic mass is 10.2. The molecular formula is C18H16FN3OS. The maximum Gasteiger partial charge on any atom is 0.234 e. The van der Waals surface area contributed by atoms with Crippen molar-refractivity contribution in [3.8, 4) is 0 Å². The molecule has 0 unspecified atom stereocenters. The molecule has 0 aliphatic carbocycles. The van der Waals surface area contributed by atoms with Crippen molar-refractivity contribution in [1.82, 2.24) is 9.55 Å². The third kappa shape index (κ3) is 4.45. The molecule has 0 saturated carbocycles. The summed E-state index contributed by atoms with van der Waals surface area (Å²) in [5.41, 5.74) is 1.75. The SMILES string of the molecule is O=C(CSc1nccn1Cc1ccccc1)Nc1ccc(F)cc1. The third-order valence-electron chi connectivity index (χ3n) is 3.33. The molecule has 0 spiro atoms. The number of rotatable bonds is 6. The quantitative estimate of drug-likeness (QED) is 0.694. The summed E-state index contributed by atoms with van der Waals surface area (Å²) in [4.78, 5) is 16.3. The van der Waals surface area contributed by atoms with E-state index in [0.717, 1.165) is 5.16 Å². The third-order valence-corrected chi connectivity index (χ3v) is 4.34. The number of carbonyl (C=O) groups is 1. The van der Waals surface area contributed by atoms with Crippen LogP contribution in [0.2, 0.25) is 0 Å². The second-order valence-corrected chi connectivity index (χ2v) is 6.11. The summed E-state index contributed by atoms with van der Waals surface area (Å²) in [5.74, 6) is -0.241. The fourth-order valence-corrected chi connectivity index (χ4v) is 2.96. The Balaban J connectivity index is 1.56. The molecule has 0 saturated heterocycles. The van der Waals surface area contributed by atoms with E-state index >= 15 is 0 Å². The van der Waals surface area contributed by atoms with Crippen molar-refractivity contribution < 1.29 is 9.18 Å². The summed E-state index contributed by atoms with van der Waals surface area (Å²) < 4.78 is 14.9. The smallest absolute Gasteiger partial charge is 0.234 e. The number of thioether (sulfide) groups is 1. The van der Waals surface area contributed by atoms with E-state index in [-0.39, 0.29) is 17.5 Å². The minimum atomic E-state index is -0.328. The first-order chi connectivity index (χ1) is 11.7. The van der Waals surface area contributed by atoms with Crippen LogP contribution in [0.3, 0.4) is 0 Å². The predicted octanol–water partition coefficient (Wildman–Crippen LogP) is 3.80. The highest BCUT2D eigenvalue weighted by atomic mass is 32.2. The number of anilines is 1. The number of nitrogens with zero attached hydrogens (tertiary/aromatic N) is 2. The summed E-state index contributed by atoms with van der Waals surface area (Å²) in [6, 6.07) is 15.8. The second kappa shape index (κ2) is 7.79. The maximum atomic E-state index is 12.9. The number of carbonyl (C=O) groups excluding carboxylic acids is 1. The van der Waals surface area contributed by atoms with Crippen LogP contribution in [0, 0.1) is 5.82 Å². The second-order valence-electron chi connectivity index (χ2n) is 5.17. The normalized spacial score (nSPS) is 10.5. The molecule has 0 fully saturated rings. The Morgan fingerprint density at radius 2 is 1.88 bits per heavy atom. The van der Waals surface area contributed by atoms with Gasteiger partial charge in [0, 0.05) is 24.6 Å². The molecule has 1 amide bonds. The van der Waals surface area contributed by atoms with Crippen molar-refractivity contribution in [2.45, 2.75) is 11.7 Å². The maximum absolute atomic E-state index is 12.9. The molecule has 0 aliphatic rings. The van der Waals surface area contributed by atoms with Gasteiger partial charge in [0.2, 0.25) is 5.91 Å². The number of hydrogen-bond donors (Lipinski definition) is 1. The number of nitrogens with one attached hydrogen (secondary N) is 1. The topological polar surface area (TPSA) is 46.9 Å². The van der Waals surface area contributed by atoms with Crippen molar-refractivity contribution in [2.75, 3.05) is 11.1 Å². The molecule has 122 valence electrons. The Labute approximate surface area is 143 Å². The van der Waals surface area contributed by atoms with Crippen LogP contribution in [0.4, 0.5) is 10.1 Å². The van der Waals surface area contributed by atoms with Gasteiger partial charge in [-0.05, 0) is 29.8 Å². The van der Waals surface area contributed by atoms with Crippen LogP contribution in [0.15, 0.2) is 72.1 Å². The van der Waals surface area contributed by atoms with Gasteiger partial charge >= 0.3 is 0 Å². The molecule has 24 heavy (non-hydrogen) atoms. The van der Waals surface area contributed by atoms with Crippen molar-refractivity contribution >= 4 is 23.4 Å². The first kappa shape index (κ1) is 16.3. The van der Waals surface area contributed by atoms with Gasteiger partial charge in [0.25, 0.3) is 0 Å². The number of hydrogen-bond acceptors (Lipinski definition) is 3. The number of aromatic nitrogens is 2. The molecule has 0 atom stereocenters. The molecule has 0 radical (unpaired) electrons. The average Bonchev–Trinajstić information content (AvgIpc) is 3.03. The molecular weight excluding hydrogens is 325 g/mol. The largest absolute Gasteiger partial charge is 0.325 e. The van der Waals surface area contributed by atoms with Crippen LogP contribution in [-0.2, 0) is 11.3 Å². The van der Waals surface area contributed by atoms with Crippen LogP contribution >= 0.6 is 11.8 Å². The van der Waals surface area contributed by atoms with Crippen LogP contribution < -0.4 is 5.32 Å². The lowest BCUT2D eigenvalue weighted by molar-refractivity contribution is -0.113. The summed E-state index contributed by atoms with van der Waals surface area (Å²) in [6.07, 6.45) is 3.62. The Kier molecular flexibility index (Phi) is 5.28. The van der Waals surface area contributed by atoms with E-state index in [9.17, 15) is 9.18 Å². The van der Waals surface area contributed by atoms with Gasteiger partial charge in [-0.15, -0.1) is 0 Å². The van der Waals surface area contributed by atoms with E-state index < -0.39 is 0 Å². The van der Waals surface area contributed by atoms with E-state index in [1.807, 2.05) is 29.0 Å². The van der Waals surface area contributed by atoms with E-state index in [2.05, 4.69) is 22.4 Å². The zero-order chi connectivity index (χ0) is 16.8. The van der Waals surface area contributed by atoms with Gasteiger partial charge in [-0.1, -0.05) is 42.1 Å². The monoisotopic (exact) mass is 341 g/mol. The van der Waals surface area contributed by atoms with Crippen LogP contribution in [0.1, 0.15) is 5.56 Å². The highest BCUT2D eigenvalue weighted by molar-refractivity contribution is 7.99. The van der Waals surface area contributed by atoms with E-state index in [1.54, 1.807) is 6.20 Å². The highest BCUT2D eigenvalue weighted by Gasteiger charge is 2.08. The molecule has 6 heteroatoms. The first-order valence-electron chi connectivity index (χ1n) is 7.44. The Hall–Kier alpha value is -2.60. The lowest BCUT2D eigenvalue weighted by Gasteiger charge is -2.08. The van der Waals surface area contributed by atoms with Gasteiger partial charge in [0.1, 0.15) is 5.82 Å². The Bertz CT molecular complexity index is 803. The minimum absolute atomic E-state index is 0.152. The van der Waals surface area contributed by atoms with Gasteiger partial charge in [0.15, 0.2) is 5.16 Å². The van der Waals surface area contributed by atoms with Crippen molar-refractivity contribution in [3.63, 3.8) is 0 Å². The molecule has 2 aromatic carbocycles. The van der Waals surface area contributed by atoms with E-state index in [4.69, 9.17) is 0 Å². The van der Waals surface area contributed by atoms with Gasteiger partial charge < -0.3 is 9.88 Å². The van der Waals surface area contributed by atoms with Gasteiger partial charge in [-0.2, -0.15) is 0 Å². The molecule has 1 N–H and O–H groups in total. The van der Waals surface area contributed by atoms with Crippen LogP contribution in [0.5, 0.6) is 0 Å². The summed E-state index contributed by atoms with van der Waals surface area (Å²) >= 11 is 1.37. The van der Waals surface area contributed by atoms with Gasteiger partial charge in [0.05, 0.1) is 5.75 Å². The number of imidazole rings is 1. The lowest BCUT2D eigenvalue weighted by Crippen LogP contribution is -2.14. The van der Waals surface area contributed by atoms with Gasteiger partial charge in [-0.25, -0.2) is 9.37 Å². The fourth-order valence-electron chi connectivity index (χ4n) is 2.20. The van der Waals surface area contributed by atoms with E-state index in [0.29, 0.717) is 12.2 Å². The van der Waals surface area contributed by atoms with Crippen molar-refractivity contribution in [2.24, 2.45) is 0 Å². The van der Waals surface area contributed by atoms with E-state index in [1.165, 1.54) is 41.6 Å². The Morgan fingerprint density at radius 3 is 2.62 bits per heavy atom. The number of benzene rings is 2. The molecule has 1 aromatic heterocycles. The summed E-state index contributed by atoms with van der Waals surface area (Å²) in [5, 5.41) is 3.52. The molecule has 0 aliphatic heterocycles. The van der Waals surface area contributed by atoms with Crippen LogP contribution in [0.25, 0.3) is 0 Å². The van der Waals surface area contributed by atoms with Crippen molar-refractivity contribution in [1.29, 1.82) is 0 Å². The molecule has 3 rings (SSSR count). The summed E-state index contributed by atoms with van der Waals surface area (Å²) in [6.45, 7) is 0.711. The number of amides is 1. The highest BCUT2D eigenvalue weighted by Crippen LogP contribution is 2.18. The molecule has 4 nitrogen and oxygen atoms in total. The molecule has 1 heterocycles.